The first kappa shape index (κ1) is 14.5. The molecule has 0 aromatic carbocycles. The molecule has 2 aromatic rings. The largest absolute Gasteiger partial charge is 0.478 e. The third kappa shape index (κ3) is 3.36. The maximum absolute atomic E-state index is 11.2. The second kappa shape index (κ2) is 6.05. The van der Waals surface area contributed by atoms with Gasteiger partial charge in [-0.3, -0.25) is 0 Å². The average Bonchev–Trinajstić information content (AvgIpc) is 2.92. The SMILES string of the molecule is CC(C)c1cc(C(=O)O)cc(NC(C)c2cccs2)n1. The van der Waals surface area contributed by atoms with Crippen LogP contribution in [0.1, 0.15) is 53.7 Å². The lowest BCUT2D eigenvalue weighted by Crippen LogP contribution is -2.10. The van der Waals surface area contributed by atoms with Crippen molar-refractivity contribution >= 4 is 23.1 Å². The summed E-state index contributed by atoms with van der Waals surface area (Å²) in [6, 6.07) is 7.37. The lowest BCUT2D eigenvalue weighted by Gasteiger charge is -2.15. The quantitative estimate of drug-likeness (QED) is 0.868. The number of nitrogens with zero attached hydrogens (tertiary/aromatic N) is 1. The molecule has 0 radical (unpaired) electrons. The molecule has 1 unspecified atom stereocenters. The summed E-state index contributed by atoms with van der Waals surface area (Å²) in [4.78, 5) is 16.9. The predicted molar refractivity (Wildman–Crippen MR) is 81.6 cm³/mol. The molecule has 0 aliphatic carbocycles. The summed E-state index contributed by atoms with van der Waals surface area (Å²) in [7, 11) is 0. The second-order valence-electron chi connectivity index (χ2n) is 5.01. The highest BCUT2D eigenvalue weighted by atomic mass is 32.1. The number of anilines is 1. The minimum Gasteiger partial charge on any atom is -0.478 e. The van der Waals surface area contributed by atoms with Gasteiger partial charge < -0.3 is 10.4 Å². The number of aromatic nitrogens is 1. The van der Waals surface area contributed by atoms with Crippen LogP contribution in [-0.4, -0.2) is 16.1 Å². The van der Waals surface area contributed by atoms with E-state index in [-0.39, 0.29) is 17.5 Å². The van der Waals surface area contributed by atoms with Crippen LogP contribution in [0.3, 0.4) is 0 Å². The molecule has 0 amide bonds. The fourth-order valence-electron chi connectivity index (χ4n) is 1.88. The van der Waals surface area contributed by atoms with E-state index in [1.807, 2.05) is 38.3 Å². The van der Waals surface area contributed by atoms with Crippen LogP contribution in [-0.2, 0) is 0 Å². The summed E-state index contributed by atoms with van der Waals surface area (Å²) >= 11 is 1.66. The van der Waals surface area contributed by atoms with E-state index >= 15 is 0 Å². The molecular formula is C15H18N2O2S. The zero-order chi connectivity index (χ0) is 14.7. The van der Waals surface area contributed by atoms with Crippen LogP contribution >= 0.6 is 11.3 Å². The Morgan fingerprint density at radius 1 is 1.35 bits per heavy atom. The molecule has 2 aromatic heterocycles. The number of nitrogens with one attached hydrogen (secondary N) is 1. The van der Waals surface area contributed by atoms with Gasteiger partial charge in [0.05, 0.1) is 11.6 Å². The number of pyridine rings is 1. The van der Waals surface area contributed by atoms with E-state index in [1.165, 1.54) is 4.88 Å². The first-order valence-corrected chi connectivity index (χ1v) is 7.40. The van der Waals surface area contributed by atoms with Crippen molar-refractivity contribution < 1.29 is 9.90 Å². The fraction of sp³-hybridized carbons (Fsp3) is 0.333. The summed E-state index contributed by atoms with van der Waals surface area (Å²) in [5, 5.41) is 14.5. The van der Waals surface area contributed by atoms with E-state index in [0.717, 1.165) is 5.69 Å². The number of thiophene rings is 1. The molecule has 0 aliphatic heterocycles. The monoisotopic (exact) mass is 290 g/mol. The van der Waals surface area contributed by atoms with Gasteiger partial charge in [0, 0.05) is 10.6 Å². The van der Waals surface area contributed by atoms with Crippen LogP contribution in [0.4, 0.5) is 5.82 Å². The van der Waals surface area contributed by atoms with Crippen LogP contribution in [0.5, 0.6) is 0 Å². The van der Waals surface area contributed by atoms with E-state index in [4.69, 9.17) is 0 Å². The van der Waals surface area contributed by atoms with Crippen molar-refractivity contribution in [3.8, 4) is 0 Å². The van der Waals surface area contributed by atoms with Gasteiger partial charge in [-0.25, -0.2) is 9.78 Å². The summed E-state index contributed by atoms with van der Waals surface area (Å²) in [5.74, 6) is -0.137. The smallest absolute Gasteiger partial charge is 0.335 e. The number of aromatic carboxylic acids is 1. The summed E-state index contributed by atoms with van der Waals surface area (Å²) in [6.07, 6.45) is 0. The van der Waals surface area contributed by atoms with Crippen LogP contribution in [0.25, 0.3) is 0 Å². The van der Waals surface area contributed by atoms with E-state index in [2.05, 4.69) is 10.3 Å². The van der Waals surface area contributed by atoms with Gasteiger partial charge >= 0.3 is 5.97 Å². The summed E-state index contributed by atoms with van der Waals surface area (Å²) in [5.41, 5.74) is 1.05. The van der Waals surface area contributed by atoms with E-state index in [0.29, 0.717) is 5.82 Å². The minimum atomic E-state index is -0.930. The van der Waals surface area contributed by atoms with Crippen LogP contribution < -0.4 is 5.32 Å². The summed E-state index contributed by atoms with van der Waals surface area (Å²) in [6.45, 7) is 6.04. The maximum Gasteiger partial charge on any atom is 0.335 e. The molecule has 0 spiro atoms. The number of rotatable bonds is 5. The molecule has 2 rings (SSSR count). The topological polar surface area (TPSA) is 62.2 Å². The molecule has 106 valence electrons. The Bertz CT molecular complexity index is 594. The van der Waals surface area contributed by atoms with Crippen molar-refractivity contribution in [1.29, 1.82) is 0 Å². The van der Waals surface area contributed by atoms with Gasteiger partial charge in [-0.1, -0.05) is 19.9 Å². The van der Waals surface area contributed by atoms with Crippen molar-refractivity contribution in [1.82, 2.24) is 4.98 Å². The average molecular weight is 290 g/mol. The molecule has 0 aliphatic rings. The molecule has 20 heavy (non-hydrogen) atoms. The molecule has 0 bridgehead atoms. The minimum absolute atomic E-state index is 0.103. The Morgan fingerprint density at radius 3 is 2.65 bits per heavy atom. The molecule has 2 heterocycles. The molecule has 4 nitrogen and oxygen atoms in total. The summed E-state index contributed by atoms with van der Waals surface area (Å²) < 4.78 is 0. The Morgan fingerprint density at radius 2 is 2.10 bits per heavy atom. The molecule has 1 atom stereocenters. The Balaban J connectivity index is 2.28. The molecular weight excluding hydrogens is 272 g/mol. The first-order chi connectivity index (χ1) is 9.47. The molecule has 0 fully saturated rings. The third-order valence-electron chi connectivity index (χ3n) is 3.02. The molecule has 5 heteroatoms. The maximum atomic E-state index is 11.2. The van der Waals surface area contributed by atoms with E-state index in [1.54, 1.807) is 23.5 Å². The highest BCUT2D eigenvalue weighted by molar-refractivity contribution is 7.10. The molecule has 0 saturated carbocycles. The zero-order valence-corrected chi connectivity index (χ0v) is 12.6. The van der Waals surface area contributed by atoms with Gasteiger partial charge in [-0.2, -0.15) is 0 Å². The standard InChI is InChI=1S/C15H18N2O2S/c1-9(2)12-7-11(15(18)19)8-14(17-12)16-10(3)13-5-4-6-20-13/h4-10H,1-3H3,(H,16,17)(H,18,19). The Labute approximate surface area is 122 Å². The number of hydrogen-bond acceptors (Lipinski definition) is 4. The molecule has 2 N–H and O–H groups in total. The van der Waals surface area contributed by atoms with E-state index < -0.39 is 5.97 Å². The van der Waals surface area contributed by atoms with Gasteiger partial charge in [0.2, 0.25) is 0 Å². The number of carbonyl (C=O) groups is 1. The third-order valence-corrected chi connectivity index (χ3v) is 4.07. The molecule has 0 saturated heterocycles. The van der Waals surface area contributed by atoms with Crippen LogP contribution in [0, 0.1) is 0 Å². The van der Waals surface area contributed by atoms with Crippen molar-refractivity contribution in [2.75, 3.05) is 5.32 Å². The Hall–Kier alpha value is -1.88. The number of carboxylic acid groups (broad SMARTS) is 1. The second-order valence-corrected chi connectivity index (χ2v) is 5.99. The normalized spacial score (nSPS) is 12.4. The first-order valence-electron chi connectivity index (χ1n) is 6.52. The highest BCUT2D eigenvalue weighted by Gasteiger charge is 2.13. The van der Waals surface area contributed by atoms with Crippen molar-refractivity contribution in [3.63, 3.8) is 0 Å². The van der Waals surface area contributed by atoms with Gasteiger partial charge in [0.1, 0.15) is 5.82 Å². The van der Waals surface area contributed by atoms with Gasteiger partial charge in [-0.15, -0.1) is 11.3 Å². The van der Waals surface area contributed by atoms with Crippen LogP contribution in [0.15, 0.2) is 29.6 Å². The van der Waals surface area contributed by atoms with Gasteiger partial charge in [0.25, 0.3) is 0 Å². The lowest BCUT2D eigenvalue weighted by molar-refractivity contribution is 0.0696. The predicted octanol–water partition coefficient (Wildman–Crippen LogP) is 4.14. The van der Waals surface area contributed by atoms with Crippen molar-refractivity contribution in [3.05, 3.63) is 45.8 Å². The van der Waals surface area contributed by atoms with Crippen LogP contribution in [0.2, 0.25) is 0 Å². The van der Waals surface area contributed by atoms with Gasteiger partial charge in [0.15, 0.2) is 0 Å². The fourth-order valence-corrected chi connectivity index (χ4v) is 2.61. The lowest BCUT2D eigenvalue weighted by atomic mass is 10.1. The van der Waals surface area contributed by atoms with Crippen molar-refractivity contribution in [2.24, 2.45) is 0 Å². The number of carboxylic acids is 1. The zero-order valence-electron chi connectivity index (χ0n) is 11.8. The van der Waals surface area contributed by atoms with E-state index in [9.17, 15) is 9.90 Å². The van der Waals surface area contributed by atoms with Gasteiger partial charge in [-0.05, 0) is 36.4 Å². The Kier molecular flexibility index (Phi) is 4.39. The van der Waals surface area contributed by atoms with Crippen molar-refractivity contribution in [2.45, 2.75) is 32.7 Å². The highest BCUT2D eigenvalue weighted by Crippen LogP contribution is 2.24. The number of hydrogen-bond donors (Lipinski definition) is 2.